The number of tetrazole rings is 1. The van der Waals surface area contributed by atoms with E-state index in [9.17, 15) is 4.79 Å². The van der Waals surface area contributed by atoms with Crippen molar-refractivity contribution in [3.63, 3.8) is 0 Å². The van der Waals surface area contributed by atoms with Gasteiger partial charge in [0.15, 0.2) is 0 Å². The lowest BCUT2D eigenvalue weighted by atomic mass is 9.32. The molecule has 5 aliphatic rings. The van der Waals surface area contributed by atoms with Crippen LogP contribution in [0.25, 0.3) is 0 Å². The molecule has 1 aromatic heterocycles. The number of carbonyl (C=O) groups is 1. The van der Waals surface area contributed by atoms with Crippen LogP contribution in [0.15, 0.2) is 18.5 Å². The van der Waals surface area contributed by atoms with Crippen molar-refractivity contribution in [2.45, 2.75) is 125 Å². The van der Waals surface area contributed by atoms with Crippen molar-refractivity contribution in [1.82, 2.24) is 20.2 Å². The molecule has 0 amide bonds. The summed E-state index contributed by atoms with van der Waals surface area (Å²) in [6.07, 6.45) is 13.5. The summed E-state index contributed by atoms with van der Waals surface area (Å²) in [5.41, 5.74) is 2.39. The SMILES string of the molecule is C=C1CCC(C)(C)C12CCC1(C)C(CCC3C4(C)CCC(=O)C(C)(C)C4C(OCCn4cnnn4)CC31C)C2. The normalized spacial score (nSPS) is 46.5. The first-order chi connectivity index (χ1) is 18.2. The van der Waals surface area contributed by atoms with Gasteiger partial charge in [0.1, 0.15) is 12.1 Å². The van der Waals surface area contributed by atoms with Crippen molar-refractivity contribution in [3.8, 4) is 0 Å². The third-order valence-electron chi connectivity index (χ3n) is 14.4. The van der Waals surface area contributed by atoms with Crippen LogP contribution < -0.4 is 0 Å². The second kappa shape index (κ2) is 8.72. The lowest BCUT2D eigenvalue weighted by molar-refractivity contribution is -0.259. The Bertz CT molecular complexity index is 1140. The molecule has 0 N–H and O–H groups in total. The summed E-state index contributed by atoms with van der Waals surface area (Å²) >= 11 is 0. The van der Waals surface area contributed by atoms with Crippen LogP contribution in [0, 0.1) is 50.2 Å². The van der Waals surface area contributed by atoms with Gasteiger partial charge < -0.3 is 4.74 Å². The zero-order valence-corrected chi connectivity index (χ0v) is 25.7. The van der Waals surface area contributed by atoms with E-state index in [0.29, 0.717) is 42.1 Å². The molecule has 0 aromatic carbocycles. The number of fused-ring (bicyclic) bond motifs is 5. The molecule has 6 rings (SSSR count). The highest BCUT2D eigenvalue weighted by Crippen LogP contribution is 2.77. The van der Waals surface area contributed by atoms with Crippen LogP contribution in [0.1, 0.15) is 113 Å². The van der Waals surface area contributed by atoms with E-state index in [1.807, 2.05) is 0 Å². The highest BCUT2D eigenvalue weighted by molar-refractivity contribution is 5.85. The Morgan fingerprint density at radius 1 is 0.974 bits per heavy atom. The minimum Gasteiger partial charge on any atom is -0.376 e. The van der Waals surface area contributed by atoms with Crippen molar-refractivity contribution in [3.05, 3.63) is 18.5 Å². The Kier molecular flexibility index (Phi) is 6.17. The molecule has 0 aliphatic heterocycles. The highest BCUT2D eigenvalue weighted by Gasteiger charge is 2.71. The molecule has 8 unspecified atom stereocenters. The molecule has 0 bridgehead atoms. The summed E-state index contributed by atoms with van der Waals surface area (Å²) in [5.74, 6) is 2.00. The molecule has 5 fully saturated rings. The van der Waals surface area contributed by atoms with Gasteiger partial charge in [-0.2, -0.15) is 0 Å². The summed E-state index contributed by atoms with van der Waals surface area (Å²) in [4.78, 5) is 13.4. The molecule has 216 valence electrons. The number of ketones is 1. The van der Waals surface area contributed by atoms with Gasteiger partial charge in [-0.15, -0.1) is 5.10 Å². The van der Waals surface area contributed by atoms with Crippen LogP contribution in [0.2, 0.25) is 0 Å². The van der Waals surface area contributed by atoms with E-state index < -0.39 is 0 Å². The number of rotatable bonds is 4. The Hall–Kier alpha value is -1.56. The van der Waals surface area contributed by atoms with E-state index in [4.69, 9.17) is 4.74 Å². The number of allylic oxidation sites excluding steroid dienone is 1. The van der Waals surface area contributed by atoms with Crippen LogP contribution in [-0.2, 0) is 16.1 Å². The van der Waals surface area contributed by atoms with Crippen molar-refractivity contribution in [2.75, 3.05) is 6.61 Å². The Morgan fingerprint density at radius 2 is 1.74 bits per heavy atom. The van der Waals surface area contributed by atoms with Gasteiger partial charge in [-0.05, 0) is 107 Å². The number of Topliss-reactive ketones (excluding diaryl/α,β-unsaturated/α-hetero) is 1. The molecule has 1 heterocycles. The summed E-state index contributed by atoms with van der Waals surface area (Å²) in [6, 6.07) is 0. The Labute approximate surface area is 236 Å². The van der Waals surface area contributed by atoms with E-state index in [2.05, 4.69) is 70.6 Å². The second-order valence-corrected chi connectivity index (χ2v) is 16.3. The molecule has 8 atom stereocenters. The van der Waals surface area contributed by atoms with E-state index in [0.717, 1.165) is 18.8 Å². The van der Waals surface area contributed by atoms with Gasteiger partial charge >= 0.3 is 0 Å². The maximum absolute atomic E-state index is 13.4. The molecular formula is C33H52N4O2. The Morgan fingerprint density at radius 3 is 2.41 bits per heavy atom. The molecule has 1 aromatic rings. The first-order valence-corrected chi connectivity index (χ1v) is 15.8. The number of nitrogens with zero attached hydrogens (tertiary/aromatic N) is 4. The fourth-order valence-corrected chi connectivity index (χ4v) is 11.9. The topological polar surface area (TPSA) is 69.9 Å². The zero-order valence-electron chi connectivity index (χ0n) is 25.7. The monoisotopic (exact) mass is 536 g/mol. The standard InChI is InChI=1S/C33H52N4O2/c1-22-11-13-28(2,3)33(22)16-15-31(7)23(19-33)9-10-25-30(6)14-12-26(38)29(4,5)27(30)24(20-32(25,31)8)39-18-17-37-21-34-35-36-37/h21,23-25,27H,1,9-20H2,2-8H3. The molecular weight excluding hydrogens is 484 g/mol. The second-order valence-electron chi connectivity index (χ2n) is 16.3. The molecule has 0 saturated heterocycles. The molecule has 6 heteroatoms. The molecule has 0 radical (unpaired) electrons. The molecule has 5 saturated carbocycles. The first kappa shape index (κ1) is 27.6. The van der Waals surface area contributed by atoms with Crippen molar-refractivity contribution < 1.29 is 9.53 Å². The van der Waals surface area contributed by atoms with Gasteiger partial charge in [0.25, 0.3) is 0 Å². The van der Waals surface area contributed by atoms with E-state index >= 15 is 0 Å². The van der Waals surface area contributed by atoms with E-state index in [-0.39, 0.29) is 33.7 Å². The Balaban J connectivity index is 1.36. The number of hydrogen-bond acceptors (Lipinski definition) is 5. The highest BCUT2D eigenvalue weighted by atomic mass is 16.5. The van der Waals surface area contributed by atoms with Crippen LogP contribution in [-0.4, -0.2) is 38.7 Å². The van der Waals surface area contributed by atoms with Crippen molar-refractivity contribution in [1.29, 1.82) is 0 Å². The first-order valence-electron chi connectivity index (χ1n) is 15.8. The summed E-state index contributed by atoms with van der Waals surface area (Å²) < 4.78 is 8.62. The van der Waals surface area contributed by atoms with Crippen LogP contribution >= 0.6 is 0 Å². The zero-order chi connectivity index (χ0) is 28.1. The molecule has 6 nitrogen and oxygen atoms in total. The average molecular weight is 537 g/mol. The van der Waals surface area contributed by atoms with Gasteiger partial charge in [-0.3, -0.25) is 4.79 Å². The summed E-state index contributed by atoms with van der Waals surface area (Å²) in [5, 5.41) is 11.6. The van der Waals surface area contributed by atoms with Gasteiger partial charge in [0, 0.05) is 17.8 Å². The van der Waals surface area contributed by atoms with Gasteiger partial charge in [-0.25, -0.2) is 4.68 Å². The lowest BCUT2D eigenvalue weighted by Crippen LogP contribution is -2.69. The third-order valence-corrected chi connectivity index (χ3v) is 14.4. The van der Waals surface area contributed by atoms with Crippen molar-refractivity contribution >= 4 is 5.78 Å². The largest absolute Gasteiger partial charge is 0.376 e. The quantitative estimate of drug-likeness (QED) is 0.385. The summed E-state index contributed by atoms with van der Waals surface area (Å²) in [6.45, 7) is 23.2. The van der Waals surface area contributed by atoms with E-state index in [1.54, 1.807) is 11.0 Å². The van der Waals surface area contributed by atoms with E-state index in [1.165, 1.54) is 50.5 Å². The number of aromatic nitrogens is 4. The molecule has 39 heavy (non-hydrogen) atoms. The van der Waals surface area contributed by atoms with Gasteiger partial charge in [0.05, 0.1) is 19.3 Å². The number of ether oxygens (including phenoxy) is 1. The maximum atomic E-state index is 13.4. The minimum atomic E-state index is -0.367. The van der Waals surface area contributed by atoms with Crippen LogP contribution in [0.4, 0.5) is 0 Å². The number of hydrogen-bond donors (Lipinski definition) is 0. The summed E-state index contributed by atoms with van der Waals surface area (Å²) in [7, 11) is 0. The van der Waals surface area contributed by atoms with Gasteiger partial charge in [-0.1, -0.05) is 60.6 Å². The predicted octanol–water partition coefficient (Wildman–Crippen LogP) is 7.06. The molecule has 1 spiro atoms. The average Bonchev–Trinajstić information content (AvgIpc) is 3.45. The molecule has 5 aliphatic carbocycles. The van der Waals surface area contributed by atoms with Crippen LogP contribution in [0.3, 0.4) is 0 Å². The third kappa shape index (κ3) is 3.61. The fourth-order valence-electron chi connectivity index (χ4n) is 11.9. The maximum Gasteiger partial charge on any atom is 0.138 e. The van der Waals surface area contributed by atoms with Gasteiger partial charge in [0.2, 0.25) is 0 Å². The van der Waals surface area contributed by atoms with Crippen molar-refractivity contribution in [2.24, 2.45) is 50.2 Å². The fraction of sp³-hybridized carbons (Fsp3) is 0.879. The number of carbonyl (C=O) groups excluding carboxylic acids is 1. The van der Waals surface area contributed by atoms with Crippen LogP contribution in [0.5, 0.6) is 0 Å². The lowest BCUT2D eigenvalue weighted by Gasteiger charge is -2.73. The smallest absolute Gasteiger partial charge is 0.138 e. The minimum absolute atomic E-state index is 0.0660. The predicted molar refractivity (Wildman–Crippen MR) is 153 cm³/mol.